The SMILES string of the molecule is CC(C)Nc1c(C(N)=O)cnn2cc(-c3ccccc3)cc12. The van der Waals surface area contributed by atoms with E-state index in [1.54, 1.807) is 4.52 Å². The van der Waals surface area contributed by atoms with E-state index >= 15 is 0 Å². The van der Waals surface area contributed by atoms with Crippen molar-refractivity contribution in [1.29, 1.82) is 0 Å². The molecule has 0 saturated heterocycles. The summed E-state index contributed by atoms with van der Waals surface area (Å²) in [6, 6.07) is 12.2. The molecule has 2 heterocycles. The number of anilines is 1. The topological polar surface area (TPSA) is 72.4 Å². The van der Waals surface area contributed by atoms with E-state index in [4.69, 9.17) is 5.73 Å². The summed E-state index contributed by atoms with van der Waals surface area (Å²) in [4.78, 5) is 11.7. The second-order valence-corrected chi connectivity index (χ2v) is 5.52. The van der Waals surface area contributed by atoms with Crippen molar-refractivity contribution >= 4 is 17.1 Å². The van der Waals surface area contributed by atoms with Gasteiger partial charge in [-0.2, -0.15) is 5.10 Å². The predicted octanol–water partition coefficient (Wildman–Crippen LogP) is 2.92. The second-order valence-electron chi connectivity index (χ2n) is 5.52. The third kappa shape index (κ3) is 2.53. The summed E-state index contributed by atoms with van der Waals surface area (Å²) in [5, 5.41) is 7.59. The van der Waals surface area contributed by atoms with Gasteiger partial charge in [0.25, 0.3) is 5.91 Å². The normalized spacial score (nSPS) is 11.0. The number of carbonyl (C=O) groups excluding carboxylic acids is 1. The first kappa shape index (κ1) is 14.1. The van der Waals surface area contributed by atoms with Crippen molar-refractivity contribution in [3.63, 3.8) is 0 Å². The molecular formula is C17H18N4O. The van der Waals surface area contributed by atoms with E-state index in [1.807, 2.05) is 56.4 Å². The Hall–Kier alpha value is -2.82. The van der Waals surface area contributed by atoms with Crippen LogP contribution in [0.25, 0.3) is 16.6 Å². The number of rotatable bonds is 4. The summed E-state index contributed by atoms with van der Waals surface area (Å²) in [5.74, 6) is -0.486. The van der Waals surface area contributed by atoms with Crippen LogP contribution in [0.3, 0.4) is 0 Å². The van der Waals surface area contributed by atoms with E-state index in [2.05, 4.69) is 10.4 Å². The van der Waals surface area contributed by atoms with Gasteiger partial charge in [0, 0.05) is 17.8 Å². The van der Waals surface area contributed by atoms with Crippen LogP contribution in [0.1, 0.15) is 24.2 Å². The highest BCUT2D eigenvalue weighted by Gasteiger charge is 2.15. The van der Waals surface area contributed by atoms with E-state index in [-0.39, 0.29) is 6.04 Å². The first-order valence-electron chi connectivity index (χ1n) is 7.19. The number of nitrogens with zero attached hydrogens (tertiary/aromatic N) is 2. The van der Waals surface area contributed by atoms with E-state index in [9.17, 15) is 4.79 Å². The summed E-state index contributed by atoms with van der Waals surface area (Å²) in [6.45, 7) is 4.03. The van der Waals surface area contributed by atoms with Gasteiger partial charge in [-0.05, 0) is 25.5 Å². The average molecular weight is 294 g/mol. The van der Waals surface area contributed by atoms with E-state index in [1.165, 1.54) is 6.20 Å². The zero-order chi connectivity index (χ0) is 15.7. The first-order chi connectivity index (χ1) is 10.6. The van der Waals surface area contributed by atoms with Crippen molar-refractivity contribution in [3.8, 4) is 11.1 Å². The summed E-state index contributed by atoms with van der Waals surface area (Å²) in [5.41, 5.74) is 9.58. The minimum atomic E-state index is -0.486. The van der Waals surface area contributed by atoms with Gasteiger partial charge < -0.3 is 11.1 Å². The number of amides is 1. The largest absolute Gasteiger partial charge is 0.380 e. The van der Waals surface area contributed by atoms with Crippen molar-refractivity contribution in [1.82, 2.24) is 9.61 Å². The zero-order valence-corrected chi connectivity index (χ0v) is 12.6. The molecule has 22 heavy (non-hydrogen) atoms. The van der Waals surface area contributed by atoms with Crippen LogP contribution in [0.4, 0.5) is 5.69 Å². The molecule has 0 spiro atoms. The lowest BCUT2D eigenvalue weighted by Crippen LogP contribution is -2.19. The molecule has 1 amide bonds. The predicted molar refractivity (Wildman–Crippen MR) is 87.9 cm³/mol. The van der Waals surface area contributed by atoms with Gasteiger partial charge in [0.15, 0.2) is 0 Å². The molecule has 0 aliphatic carbocycles. The van der Waals surface area contributed by atoms with Gasteiger partial charge in [-0.3, -0.25) is 4.79 Å². The van der Waals surface area contributed by atoms with Crippen LogP contribution in [-0.2, 0) is 0 Å². The molecule has 0 fully saturated rings. The van der Waals surface area contributed by atoms with Crippen LogP contribution < -0.4 is 11.1 Å². The molecule has 0 aliphatic rings. The van der Waals surface area contributed by atoms with Crippen LogP contribution in [-0.4, -0.2) is 21.6 Å². The van der Waals surface area contributed by atoms with Gasteiger partial charge in [0.05, 0.1) is 23.0 Å². The van der Waals surface area contributed by atoms with E-state index in [0.717, 1.165) is 22.3 Å². The Labute approximate surface area is 128 Å². The highest BCUT2D eigenvalue weighted by molar-refractivity contribution is 6.02. The molecule has 5 nitrogen and oxygen atoms in total. The number of nitrogens with two attached hydrogens (primary N) is 1. The van der Waals surface area contributed by atoms with Crippen LogP contribution in [0.5, 0.6) is 0 Å². The van der Waals surface area contributed by atoms with Crippen molar-refractivity contribution in [2.45, 2.75) is 19.9 Å². The number of primary amides is 1. The Morgan fingerprint density at radius 2 is 1.95 bits per heavy atom. The third-order valence-corrected chi connectivity index (χ3v) is 3.44. The number of fused-ring (bicyclic) bond motifs is 1. The fourth-order valence-corrected chi connectivity index (χ4v) is 2.47. The quantitative estimate of drug-likeness (QED) is 0.777. The minimum Gasteiger partial charge on any atom is -0.380 e. The molecular weight excluding hydrogens is 276 g/mol. The Morgan fingerprint density at radius 3 is 2.59 bits per heavy atom. The lowest BCUT2D eigenvalue weighted by Gasteiger charge is -2.14. The van der Waals surface area contributed by atoms with E-state index in [0.29, 0.717) is 5.56 Å². The van der Waals surface area contributed by atoms with Gasteiger partial charge in [0.1, 0.15) is 0 Å². The Kier molecular flexibility index (Phi) is 3.55. The first-order valence-corrected chi connectivity index (χ1v) is 7.19. The molecule has 0 saturated carbocycles. The standard InChI is InChI=1S/C17H18N4O/c1-11(2)20-16-14(17(18)22)9-19-21-10-13(8-15(16)21)12-6-4-3-5-7-12/h3-11,20H,1-2H3,(H2,18,22). The maximum atomic E-state index is 11.7. The molecule has 5 heteroatoms. The molecule has 112 valence electrons. The zero-order valence-electron chi connectivity index (χ0n) is 12.6. The van der Waals surface area contributed by atoms with Crippen LogP contribution >= 0.6 is 0 Å². The molecule has 1 aromatic carbocycles. The molecule has 3 rings (SSSR count). The number of carbonyl (C=O) groups is 1. The van der Waals surface area contributed by atoms with Gasteiger partial charge in [-0.25, -0.2) is 4.52 Å². The third-order valence-electron chi connectivity index (χ3n) is 3.44. The minimum absolute atomic E-state index is 0.180. The summed E-state index contributed by atoms with van der Waals surface area (Å²) in [7, 11) is 0. The number of hydrogen-bond donors (Lipinski definition) is 2. The second kappa shape index (κ2) is 5.52. The molecule has 3 N–H and O–H groups in total. The summed E-state index contributed by atoms with van der Waals surface area (Å²) >= 11 is 0. The number of hydrogen-bond acceptors (Lipinski definition) is 3. The maximum absolute atomic E-state index is 11.7. The highest BCUT2D eigenvalue weighted by atomic mass is 16.1. The van der Waals surface area contributed by atoms with Crippen molar-refractivity contribution in [2.24, 2.45) is 5.73 Å². The molecule has 0 atom stereocenters. The van der Waals surface area contributed by atoms with Crippen molar-refractivity contribution < 1.29 is 4.79 Å². The molecule has 0 bridgehead atoms. The molecule has 2 aromatic heterocycles. The number of aromatic nitrogens is 2. The van der Waals surface area contributed by atoms with Crippen LogP contribution in [0.2, 0.25) is 0 Å². The van der Waals surface area contributed by atoms with Gasteiger partial charge in [0.2, 0.25) is 0 Å². The fourth-order valence-electron chi connectivity index (χ4n) is 2.47. The lowest BCUT2D eigenvalue weighted by molar-refractivity contribution is 0.100. The molecule has 3 aromatic rings. The van der Waals surface area contributed by atoms with Crippen molar-refractivity contribution in [3.05, 3.63) is 54.4 Å². The summed E-state index contributed by atoms with van der Waals surface area (Å²) < 4.78 is 1.76. The Balaban J connectivity index is 2.21. The monoisotopic (exact) mass is 294 g/mol. The van der Waals surface area contributed by atoms with Gasteiger partial charge >= 0.3 is 0 Å². The Morgan fingerprint density at radius 1 is 1.23 bits per heavy atom. The van der Waals surface area contributed by atoms with Crippen LogP contribution in [0.15, 0.2) is 48.8 Å². The summed E-state index contributed by atoms with van der Waals surface area (Å²) in [6.07, 6.45) is 3.45. The molecule has 0 aliphatic heterocycles. The lowest BCUT2D eigenvalue weighted by atomic mass is 10.1. The van der Waals surface area contributed by atoms with Crippen molar-refractivity contribution in [2.75, 3.05) is 5.32 Å². The number of benzene rings is 1. The maximum Gasteiger partial charge on any atom is 0.252 e. The smallest absolute Gasteiger partial charge is 0.252 e. The molecule has 0 unspecified atom stereocenters. The molecule has 0 radical (unpaired) electrons. The fraction of sp³-hybridized carbons (Fsp3) is 0.176. The van der Waals surface area contributed by atoms with Crippen LogP contribution in [0, 0.1) is 0 Å². The highest BCUT2D eigenvalue weighted by Crippen LogP contribution is 2.28. The number of nitrogens with one attached hydrogen (secondary N) is 1. The Bertz CT molecular complexity index is 821. The average Bonchev–Trinajstić information content (AvgIpc) is 2.92. The van der Waals surface area contributed by atoms with Gasteiger partial charge in [-0.15, -0.1) is 0 Å². The van der Waals surface area contributed by atoms with Gasteiger partial charge in [-0.1, -0.05) is 30.3 Å². The van der Waals surface area contributed by atoms with E-state index < -0.39 is 5.91 Å².